The Labute approximate surface area is 153 Å². The molecule has 0 aromatic heterocycles. The first-order valence-electron chi connectivity index (χ1n) is 8.30. The Hall–Kier alpha value is -2.74. The van der Waals surface area contributed by atoms with Crippen molar-refractivity contribution in [3.63, 3.8) is 0 Å². The van der Waals surface area contributed by atoms with Gasteiger partial charge in [0.2, 0.25) is 0 Å². The second kappa shape index (κ2) is 7.87. The fourth-order valence-electron chi connectivity index (χ4n) is 2.76. The van der Waals surface area contributed by atoms with Gasteiger partial charge in [-0.3, -0.25) is 9.69 Å². The van der Waals surface area contributed by atoms with Gasteiger partial charge in [-0.2, -0.15) is 0 Å². The molecule has 1 saturated heterocycles. The number of likely N-dealkylation sites (tertiary alicyclic amines) is 1. The van der Waals surface area contributed by atoms with Gasteiger partial charge >= 0.3 is 12.3 Å². The van der Waals surface area contributed by atoms with E-state index < -0.39 is 12.3 Å². The highest BCUT2D eigenvalue weighted by molar-refractivity contribution is 5.71. The molecule has 0 bridgehead atoms. The Bertz CT molecular complexity index is 769. The molecule has 1 fully saturated rings. The number of carboxylic acids is 1. The van der Waals surface area contributed by atoms with Crippen molar-refractivity contribution in [2.75, 3.05) is 13.1 Å². The van der Waals surface area contributed by atoms with E-state index in [4.69, 9.17) is 9.84 Å². The maximum atomic E-state index is 12.1. The number of carboxylic acid groups (broad SMARTS) is 1. The third-order valence-electron chi connectivity index (χ3n) is 4.20. The lowest BCUT2D eigenvalue weighted by molar-refractivity contribution is -0.274. The van der Waals surface area contributed by atoms with E-state index in [2.05, 4.69) is 9.64 Å². The van der Waals surface area contributed by atoms with Gasteiger partial charge in [-0.1, -0.05) is 24.3 Å². The van der Waals surface area contributed by atoms with Crippen LogP contribution in [0.3, 0.4) is 0 Å². The SMILES string of the molecule is O=C(O)C1CN(Cc2ccc(OCc3ccc(OC(F)(F)F)cc3)cc2)C1. The second-order valence-corrected chi connectivity index (χ2v) is 6.35. The topological polar surface area (TPSA) is 59.0 Å². The van der Waals surface area contributed by atoms with Crippen LogP contribution in [0.4, 0.5) is 13.2 Å². The summed E-state index contributed by atoms with van der Waals surface area (Å²) in [6.45, 7) is 2.02. The van der Waals surface area contributed by atoms with E-state index in [1.54, 1.807) is 0 Å². The molecule has 5 nitrogen and oxygen atoms in total. The average molecular weight is 381 g/mol. The van der Waals surface area contributed by atoms with Crippen LogP contribution in [-0.4, -0.2) is 35.4 Å². The Morgan fingerprint density at radius 3 is 2.11 bits per heavy atom. The van der Waals surface area contributed by atoms with Crippen molar-refractivity contribution in [3.05, 3.63) is 59.7 Å². The predicted molar refractivity (Wildman–Crippen MR) is 90.3 cm³/mol. The monoisotopic (exact) mass is 381 g/mol. The predicted octanol–water partition coefficient (Wildman–Crippen LogP) is 3.68. The number of halogens is 3. The molecule has 1 N–H and O–H groups in total. The zero-order chi connectivity index (χ0) is 19.4. The van der Waals surface area contributed by atoms with Crippen LogP contribution in [0.1, 0.15) is 11.1 Å². The van der Waals surface area contributed by atoms with Gasteiger partial charge in [0.15, 0.2) is 0 Å². The summed E-state index contributed by atoms with van der Waals surface area (Å²) >= 11 is 0. The van der Waals surface area contributed by atoms with Crippen LogP contribution in [-0.2, 0) is 17.9 Å². The minimum atomic E-state index is -4.70. The van der Waals surface area contributed by atoms with Crippen molar-refractivity contribution in [1.29, 1.82) is 0 Å². The van der Waals surface area contributed by atoms with Gasteiger partial charge in [0, 0.05) is 19.6 Å². The minimum absolute atomic E-state index is 0.220. The maximum absolute atomic E-state index is 12.1. The number of aliphatic carboxylic acids is 1. The summed E-state index contributed by atoms with van der Waals surface area (Å²) in [7, 11) is 0. The fraction of sp³-hybridized carbons (Fsp3) is 0.316. The first-order chi connectivity index (χ1) is 12.8. The number of nitrogens with zero attached hydrogens (tertiary/aromatic N) is 1. The van der Waals surface area contributed by atoms with Gasteiger partial charge in [0.1, 0.15) is 18.1 Å². The van der Waals surface area contributed by atoms with E-state index in [0.717, 1.165) is 5.56 Å². The molecule has 144 valence electrons. The highest BCUT2D eigenvalue weighted by Crippen LogP contribution is 2.24. The number of benzene rings is 2. The number of carbonyl (C=O) groups is 1. The fourth-order valence-corrected chi connectivity index (χ4v) is 2.76. The molecule has 8 heteroatoms. The maximum Gasteiger partial charge on any atom is 0.573 e. The van der Waals surface area contributed by atoms with E-state index in [1.807, 2.05) is 24.3 Å². The zero-order valence-electron chi connectivity index (χ0n) is 14.3. The van der Waals surface area contributed by atoms with Gasteiger partial charge in [-0.05, 0) is 35.4 Å². The summed E-state index contributed by atoms with van der Waals surface area (Å²) in [5.41, 5.74) is 1.77. The summed E-state index contributed by atoms with van der Waals surface area (Å²) in [6, 6.07) is 12.9. The lowest BCUT2D eigenvalue weighted by Crippen LogP contribution is -2.49. The average Bonchev–Trinajstić information content (AvgIpc) is 2.56. The zero-order valence-corrected chi connectivity index (χ0v) is 14.3. The van der Waals surface area contributed by atoms with Crippen LogP contribution in [0.5, 0.6) is 11.5 Å². The van der Waals surface area contributed by atoms with Gasteiger partial charge in [-0.25, -0.2) is 0 Å². The molecule has 0 radical (unpaired) electrons. The van der Waals surface area contributed by atoms with E-state index in [9.17, 15) is 18.0 Å². The molecular formula is C19H18F3NO4. The normalized spacial score (nSPS) is 15.2. The third-order valence-corrected chi connectivity index (χ3v) is 4.20. The minimum Gasteiger partial charge on any atom is -0.489 e. The standard InChI is InChI=1S/C19H18F3NO4/c20-19(21,22)27-17-7-3-14(4-8-17)12-26-16-5-1-13(2-6-16)9-23-10-15(11-23)18(24)25/h1-8,15H,9-12H2,(H,24,25). The molecular weight excluding hydrogens is 363 g/mol. The molecule has 2 aromatic carbocycles. The Balaban J connectivity index is 1.45. The molecule has 0 amide bonds. The quantitative estimate of drug-likeness (QED) is 0.793. The number of rotatable bonds is 7. The Kier molecular flexibility index (Phi) is 5.55. The molecule has 1 aliphatic heterocycles. The Morgan fingerprint density at radius 1 is 1.00 bits per heavy atom. The molecule has 2 aromatic rings. The van der Waals surface area contributed by atoms with Crippen LogP contribution in [0.2, 0.25) is 0 Å². The first-order valence-corrected chi connectivity index (χ1v) is 8.30. The summed E-state index contributed by atoms with van der Waals surface area (Å²) in [5, 5.41) is 8.87. The van der Waals surface area contributed by atoms with Gasteiger partial charge in [-0.15, -0.1) is 13.2 Å². The van der Waals surface area contributed by atoms with Crippen molar-refractivity contribution < 1.29 is 32.5 Å². The van der Waals surface area contributed by atoms with Gasteiger partial charge in [0.05, 0.1) is 5.92 Å². The van der Waals surface area contributed by atoms with Crippen molar-refractivity contribution >= 4 is 5.97 Å². The Morgan fingerprint density at radius 2 is 1.56 bits per heavy atom. The van der Waals surface area contributed by atoms with Crippen LogP contribution in [0.25, 0.3) is 0 Å². The highest BCUT2D eigenvalue weighted by Gasteiger charge is 2.32. The van der Waals surface area contributed by atoms with Crippen LogP contribution in [0, 0.1) is 5.92 Å². The van der Waals surface area contributed by atoms with Gasteiger partial charge in [0.25, 0.3) is 0 Å². The highest BCUT2D eigenvalue weighted by atomic mass is 19.4. The molecule has 1 heterocycles. The molecule has 0 aliphatic carbocycles. The van der Waals surface area contributed by atoms with E-state index in [-0.39, 0.29) is 18.3 Å². The molecule has 27 heavy (non-hydrogen) atoms. The van der Waals surface area contributed by atoms with E-state index in [0.29, 0.717) is 30.9 Å². The van der Waals surface area contributed by atoms with E-state index >= 15 is 0 Å². The summed E-state index contributed by atoms with van der Waals surface area (Å²) in [4.78, 5) is 12.8. The molecule has 3 rings (SSSR count). The molecule has 0 unspecified atom stereocenters. The van der Waals surface area contributed by atoms with E-state index in [1.165, 1.54) is 24.3 Å². The van der Waals surface area contributed by atoms with Gasteiger partial charge < -0.3 is 14.6 Å². The van der Waals surface area contributed by atoms with Crippen LogP contribution >= 0.6 is 0 Å². The summed E-state index contributed by atoms with van der Waals surface area (Å²) in [5.74, 6) is -0.665. The number of hydrogen-bond acceptors (Lipinski definition) is 4. The van der Waals surface area contributed by atoms with Crippen LogP contribution < -0.4 is 9.47 Å². The molecule has 1 aliphatic rings. The first kappa shape index (κ1) is 19.0. The summed E-state index contributed by atoms with van der Waals surface area (Å²) in [6.07, 6.45) is -4.70. The van der Waals surface area contributed by atoms with Crippen molar-refractivity contribution in [1.82, 2.24) is 4.90 Å². The van der Waals surface area contributed by atoms with Crippen molar-refractivity contribution in [2.24, 2.45) is 5.92 Å². The van der Waals surface area contributed by atoms with Crippen LogP contribution in [0.15, 0.2) is 48.5 Å². The molecule has 0 atom stereocenters. The number of hydrogen-bond donors (Lipinski definition) is 1. The summed E-state index contributed by atoms with van der Waals surface area (Å²) < 4.78 is 45.8. The lowest BCUT2D eigenvalue weighted by Gasteiger charge is -2.36. The third kappa shape index (κ3) is 5.62. The lowest BCUT2D eigenvalue weighted by atomic mass is 10.00. The second-order valence-electron chi connectivity index (χ2n) is 6.35. The number of ether oxygens (including phenoxy) is 2. The van der Waals surface area contributed by atoms with Crippen molar-refractivity contribution in [2.45, 2.75) is 19.5 Å². The smallest absolute Gasteiger partial charge is 0.489 e. The molecule has 0 spiro atoms. The number of alkyl halides is 3. The molecule has 0 saturated carbocycles. The van der Waals surface area contributed by atoms with Crippen molar-refractivity contribution in [3.8, 4) is 11.5 Å². The largest absolute Gasteiger partial charge is 0.573 e.